The van der Waals surface area contributed by atoms with E-state index >= 15 is 0 Å². The van der Waals surface area contributed by atoms with Crippen LogP contribution in [-0.2, 0) is 0 Å². The Morgan fingerprint density at radius 3 is 2.93 bits per heavy atom. The molecule has 2 nitrogen and oxygen atoms in total. The molecule has 15 heavy (non-hydrogen) atoms. The number of hydrogen-bond acceptors (Lipinski definition) is 2. The van der Waals surface area contributed by atoms with Crippen LogP contribution in [0.4, 0.5) is 0 Å². The molecule has 1 aromatic carbocycles. The largest absolute Gasteiger partial charge is 0.305 e. The summed E-state index contributed by atoms with van der Waals surface area (Å²) in [4.78, 5) is 14.3. The first-order chi connectivity index (χ1) is 7.25. The van der Waals surface area contributed by atoms with Gasteiger partial charge in [-0.25, -0.2) is 0 Å². The lowest BCUT2D eigenvalue weighted by Gasteiger charge is -2.26. The number of likely N-dealkylation sites (tertiary alicyclic amines) is 1. The number of ketones is 1. The fourth-order valence-electron chi connectivity index (χ4n) is 3.07. The third-order valence-electron chi connectivity index (χ3n) is 3.73. The van der Waals surface area contributed by atoms with Crippen LogP contribution in [0.3, 0.4) is 0 Å². The van der Waals surface area contributed by atoms with E-state index in [1.807, 2.05) is 18.2 Å². The van der Waals surface area contributed by atoms with Crippen LogP contribution >= 0.6 is 0 Å². The molecule has 1 aliphatic carbocycles. The number of nitrogens with zero attached hydrogens (tertiary/aromatic N) is 1. The minimum absolute atomic E-state index is 0.335. The van der Waals surface area contributed by atoms with Crippen molar-refractivity contribution in [1.82, 2.24) is 4.90 Å². The van der Waals surface area contributed by atoms with Crippen molar-refractivity contribution in [2.45, 2.75) is 12.3 Å². The van der Waals surface area contributed by atoms with E-state index in [1.165, 1.54) is 5.56 Å². The first-order valence-electron chi connectivity index (χ1n) is 5.56. The third-order valence-corrected chi connectivity index (χ3v) is 3.73. The van der Waals surface area contributed by atoms with Crippen molar-refractivity contribution in [1.29, 1.82) is 0 Å². The highest BCUT2D eigenvalue weighted by Crippen LogP contribution is 2.40. The maximum absolute atomic E-state index is 11.9. The van der Waals surface area contributed by atoms with Crippen LogP contribution in [0.15, 0.2) is 24.3 Å². The van der Waals surface area contributed by atoms with Gasteiger partial charge in [0, 0.05) is 31.0 Å². The average molecular weight is 201 g/mol. The minimum atomic E-state index is 0.335. The summed E-state index contributed by atoms with van der Waals surface area (Å²) in [6.07, 6.45) is 0.742. The Morgan fingerprint density at radius 2 is 2.07 bits per heavy atom. The van der Waals surface area contributed by atoms with Crippen LogP contribution < -0.4 is 0 Å². The summed E-state index contributed by atoms with van der Waals surface area (Å²) in [6, 6.07) is 8.12. The maximum atomic E-state index is 11.9. The van der Waals surface area contributed by atoms with E-state index in [1.54, 1.807) is 0 Å². The van der Waals surface area contributed by atoms with Crippen LogP contribution in [0.25, 0.3) is 0 Å². The maximum Gasteiger partial charge on any atom is 0.163 e. The first-order valence-corrected chi connectivity index (χ1v) is 5.56. The van der Waals surface area contributed by atoms with E-state index in [9.17, 15) is 4.79 Å². The van der Waals surface area contributed by atoms with Crippen LogP contribution in [0.5, 0.6) is 0 Å². The van der Waals surface area contributed by atoms with Crippen molar-refractivity contribution >= 4 is 5.78 Å². The zero-order chi connectivity index (χ0) is 10.4. The molecule has 1 aliphatic heterocycles. The molecule has 1 aromatic rings. The van der Waals surface area contributed by atoms with Gasteiger partial charge in [-0.05, 0) is 18.5 Å². The third kappa shape index (κ3) is 1.32. The predicted octanol–water partition coefficient (Wildman–Crippen LogP) is 1.92. The van der Waals surface area contributed by atoms with Crippen molar-refractivity contribution in [2.75, 3.05) is 20.1 Å². The molecule has 1 fully saturated rings. The van der Waals surface area contributed by atoms with Gasteiger partial charge in [0.2, 0.25) is 0 Å². The molecule has 1 saturated heterocycles. The van der Waals surface area contributed by atoms with E-state index in [2.05, 4.69) is 18.0 Å². The minimum Gasteiger partial charge on any atom is -0.305 e. The number of carbonyl (C=O) groups is 1. The summed E-state index contributed by atoms with van der Waals surface area (Å²) in [5.74, 6) is 1.48. The number of likely N-dealkylation sites (N-methyl/N-ethyl adjacent to an activating group) is 1. The standard InChI is InChI=1S/C13H15NO/c1-14-7-9-6-13(15)11-5-3-2-4-10(11)12(9)8-14/h2-5,9,12H,6-8H2,1H3/t9-,12+/m0/s1. The van der Waals surface area contributed by atoms with E-state index in [-0.39, 0.29) is 0 Å². The molecule has 0 N–H and O–H groups in total. The molecular weight excluding hydrogens is 186 g/mol. The van der Waals surface area contributed by atoms with Gasteiger partial charge in [0.05, 0.1) is 0 Å². The molecule has 1 heterocycles. The summed E-state index contributed by atoms with van der Waals surface area (Å²) < 4.78 is 0. The van der Waals surface area contributed by atoms with E-state index < -0.39 is 0 Å². The molecule has 0 saturated carbocycles. The van der Waals surface area contributed by atoms with Crippen molar-refractivity contribution < 1.29 is 4.79 Å². The molecule has 0 amide bonds. The predicted molar refractivity (Wildman–Crippen MR) is 59.1 cm³/mol. The van der Waals surface area contributed by atoms with Gasteiger partial charge in [0.15, 0.2) is 5.78 Å². The molecule has 2 atom stereocenters. The zero-order valence-corrected chi connectivity index (χ0v) is 8.94. The van der Waals surface area contributed by atoms with Crippen molar-refractivity contribution in [3.05, 3.63) is 35.4 Å². The van der Waals surface area contributed by atoms with Crippen LogP contribution in [0.1, 0.15) is 28.3 Å². The summed E-state index contributed by atoms with van der Waals surface area (Å²) in [7, 11) is 2.14. The van der Waals surface area contributed by atoms with Crippen LogP contribution in [-0.4, -0.2) is 30.8 Å². The monoisotopic (exact) mass is 201 g/mol. The lowest BCUT2D eigenvalue weighted by atomic mass is 9.76. The quantitative estimate of drug-likeness (QED) is 0.639. The lowest BCUT2D eigenvalue weighted by molar-refractivity contribution is 0.0946. The van der Waals surface area contributed by atoms with E-state index in [4.69, 9.17) is 0 Å². The molecule has 0 unspecified atom stereocenters. The molecule has 0 spiro atoms. The topological polar surface area (TPSA) is 20.3 Å². The van der Waals surface area contributed by atoms with Crippen LogP contribution in [0.2, 0.25) is 0 Å². The lowest BCUT2D eigenvalue weighted by Crippen LogP contribution is -2.23. The molecule has 0 bridgehead atoms. The van der Waals surface area contributed by atoms with Gasteiger partial charge in [-0.15, -0.1) is 0 Å². The highest BCUT2D eigenvalue weighted by molar-refractivity contribution is 5.99. The molecule has 2 heteroatoms. The number of Topliss-reactive ketones (excluding diaryl/α,β-unsaturated/α-hetero) is 1. The molecule has 3 rings (SSSR count). The molecule has 2 aliphatic rings. The number of fused-ring (bicyclic) bond motifs is 3. The number of benzene rings is 1. The second kappa shape index (κ2) is 3.17. The SMILES string of the molecule is CN1C[C@@H]2CC(=O)c3ccccc3[C@@H]2C1. The normalized spacial score (nSPS) is 30.1. The van der Waals surface area contributed by atoms with E-state index in [0.717, 1.165) is 25.1 Å². The highest BCUT2D eigenvalue weighted by atomic mass is 16.1. The Hall–Kier alpha value is -1.15. The Morgan fingerprint density at radius 1 is 1.27 bits per heavy atom. The summed E-state index contributed by atoms with van der Waals surface area (Å²) in [5, 5.41) is 0. The second-order valence-corrected chi connectivity index (χ2v) is 4.80. The molecule has 0 aromatic heterocycles. The first kappa shape index (κ1) is 9.10. The summed E-state index contributed by atoms with van der Waals surface area (Å²) in [6.45, 7) is 2.18. The molecule has 78 valence electrons. The molecular formula is C13H15NO. The average Bonchev–Trinajstić information content (AvgIpc) is 2.59. The van der Waals surface area contributed by atoms with E-state index in [0.29, 0.717) is 17.6 Å². The van der Waals surface area contributed by atoms with Gasteiger partial charge in [0.25, 0.3) is 0 Å². The Balaban J connectivity index is 2.09. The molecule has 0 radical (unpaired) electrons. The van der Waals surface area contributed by atoms with Gasteiger partial charge in [-0.3, -0.25) is 4.79 Å². The number of carbonyl (C=O) groups excluding carboxylic acids is 1. The Bertz CT molecular complexity index is 413. The fraction of sp³-hybridized carbons (Fsp3) is 0.462. The van der Waals surface area contributed by atoms with Crippen LogP contribution in [0, 0.1) is 5.92 Å². The Labute approximate surface area is 89.9 Å². The highest BCUT2D eigenvalue weighted by Gasteiger charge is 2.38. The fourth-order valence-corrected chi connectivity index (χ4v) is 3.07. The van der Waals surface area contributed by atoms with Gasteiger partial charge < -0.3 is 4.90 Å². The van der Waals surface area contributed by atoms with Crippen molar-refractivity contribution in [3.63, 3.8) is 0 Å². The van der Waals surface area contributed by atoms with Crippen molar-refractivity contribution in [3.8, 4) is 0 Å². The zero-order valence-electron chi connectivity index (χ0n) is 8.94. The van der Waals surface area contributed by atoms with Crippen molar-refractivity contribution in [2.24, 2.45) is 5.92 Å². The van der Waals surface area contributed by atoms with Gasteiger partial charge >= 0.3 is 0 Å². The van der Waals surface area contributed by atoms with Gasteiger partial charge in [0.1, 0.15) is 0 Å². The number of hydrogen-bond donors (Lipinski definition) is 0. The number of rotatable bonds is 0. The summed E-state index contributed by atoms with van der Waals surface area (Å²) >= 11 is 0. The smallest absolute Gasteiger partial charge is 0.163 e. The Kier molecular flexibility index (Phi) is 1.93. The second-order valence-electron chi connectivity index (χ2n) is 4.80. The van der Waals surface area contributed by atoms with Gasteiger partial charge in [-0.1, -0.05) is 24.3 Å². The van der Waals surface area contributed by atoms with Gasteiger partial charge in [-0.2, -0.15) is 0 Å². The summed E-state index contributed by atoms with van der Waals surface area (Å²) in [5.41, 5.74) is 2.25.